The van der Waals surface area contributed by atoms with E-state index in [1.807, 2.05) is 20.8 Å². The van der Waals surface area contributed by atoms with Crippen molar-refractivity contribution in [3.63, 3.8) is 0 Å². The van der Waals surface area contributed by atoms with Crippen molar-refractivity contribution in [3.05, 3.63) is 11.6 Å². The summed E-state index contributed by atoms with van der Waals surface area (Å²) in [5, 5.41) is 24.6. The van der Waals surface area contributed by atoms with Gasteiger partial charge in [-0.1, -0.05) is 33.6 Å². The summed E-state index contributed by atoms with van der Waals surface area (Å²) in [6.45, 7) is 4.49. The van der Waals surface area contributed by atoms with Crippen LogP contribution < -0.4 is 5.32 Å². The highest BCUT2D eigenvalue weighted by Gasteiger charge is 2.45. The number of nitrogens with one attached hydrogen (secondary N) is 1. The lowest BCUT2D eigenvalue weighted by molar-refractivity contribution is -0.0626. The highest BCUT2D eigenvalue weighted by atomic mass is 35.5. The third kappa shape index (κ3) is 8.01. The molecule has 17 heteroatoms. The van der Waals surface area contributed by atoms with Crippen LogP contribution in [0.1, 0.15) is 52.7 Å². The van der Waals surface area contributed by atoms with Gasteiger partial charge in [-0.25, -0.2) is 9.78 Å². The third-order valence-electron chi connectivity index (χ3n) is 6.29. The Kier molecular flexibility index (Phi) is 9.89. The number of anilines is 1. The summed E-state index contributed by atoms with van der Waals surface area (Å²) in [4.78, 5) is 34.3. The van der Waals surface area contributed by atoms with Crippen molar-refractivity contribution >= 4 is 42.3 Å². The minimum atomic E-state index is -4.32. The third-order valence-corrected chi connectivity index (χ3v) is 7.48. The lowest BCUT2D eigenvalue weighted by atomic mass is 9.99. The standard InChI is InChI=1S/C23H35ClN5O10P/c1-23(2,3)9-36-22(32)37-11-38-40(33,34)12-35-8-14-16(30)17(31)20(39-14)29-10-25-15-18(26-13-6-4-5-7-13)27-21(24)28-19(15)29/h10,13-14,16-17,20,30-31H,4-9,11-12H2,1-3H3,(H,33,34)(H,26,27,28)/t14-,16-,17-,20-/m1/s1. The molecule has 4 N–H and O–H groups in total. The predicted molar refractivity (Wildman–Crippen MR) is 141 cm³/mol. The summed E-state index contributed by atoms with van der Waals surface area (Å²) in [6, 6.07) is 0.247. The Morgan fingerprint density at radius 2 is 1.95 bits per heavy atom. The Hall–Kier alpha value is -2.10. The fourth-order valence-electron chi connectivity index (χ4n) is 4.33. The number of carbonyl (C=O) groups excluding carboxylic acids is 1. The van der Waals surface area contributed by atoms with Crippen molar-refractivity contribution in [2.24, 2.45) is 5.41 Å². The molecule has 1 saturated heterocycles. The highest BCUT2D eigenvalue weighted by molar-refractivity contribution is 7.52. The van der Waals surface area contributed by atoms with Crippen LogP contribution in [0.5, 0.6) is 0 Å². The second-order valence-corrected chi connectivity index (χ2v) is 13.1. The molecule has 2 aliphatic rings. The van der Waals surface area contributed by atoms with Gasteiger partial charge in [-0.15, -0.1) is 0 Å². The van der Waals surface area contributed by atoms with E-state index in [-0.39, 0.29) is 30.0 Å². The molecule has 0 amide bonds. The van der Waals surface area contributed by atoms with Crippen molar-refractivity contribution in [3.8, 4) is 0 Å². The van der Waals surface area contributed by atoms with Crippen LogP contribution >= 0.6 is 19.2 Å². The second kappa shape index (κ2) is 12.8. The molecule has 2 aromatic heterocycles. The first kappa shape index (κ1) is 30.8. The number of rotatable bonds is 11. The van der Waals surface area contributed by atoms with Crippen LogP contribution in [0.15, 0.2) is 6.33 Å². The van der Waals surface area contributed by atoms with Crippen LogP contribution in [0.2, 0.25) is 5.28 Å². The van der Waals surface area contributed by atoms with Crippen molar-refractivity contribution in [1.82, 2.24) is 19.5 Å². The first-order valence-electron chi connectivity index (χ1n) is 12.8. The molecule has 15 nitrogen and oxygen atoms in total. The van der Waals surface area contributed by atoms with E-state index in [4.69, 9.17) is 30.3 Å². The minimum Gasteiger partial charge on any atom is -0.434 e. The van der Waals surface area contributed by atoms with Crippen LogP contribution in [-0.4, -0.2) is 91.5 Å². The molecule has 5 atom stereocenters. The fraction of sp³-hybridized carbons (Fsp3) is 0.739. The zero-order valence-electron chi connectivity index (χ0n) is 22.4. The number of carbonyl (C=O) groups is 1. The van der Waals surface area contributed by atoms with Crippen LogP contribution in [-0.2, 0) is 28.0 Å². The Bertz CT molecular complexity index is 1220. The number of aromatic nitrogens is 4. The highest BCUT2D eigenvalue weighted by Crippen LogP contribution is 2.42. The summed E-state index contributed by atoms with van der Waals surface area (Å²) in [6.07, 6.45) is -1.11. The van der Waals surface area contributed by atoms with Gasteiger partial charge in [0.1, 0.15) is 24.7 Å². The number of aliphatic hydroxyl groups is 2. The number of halogens is 1. The van der Waals surface area contributed by atoms with Crippen LogP contribution in [0, 0.1) is 5.41 Å². The monoisotopic (exact) mass is 607 g/mol. The Balaban J connectivity index is 1.30. The number of ether oxygens (including phenoxy) is 4. The maximum Gasteiger partial charge on any atom is 0.510 e. The Morgan fingerprint density at radius 3 is 2.65 bits per heavy atom. The van der Waals surface area contributed by atoms with Gasteiger partial charge in [0.25, 0.3) is 0 Å². The number of imidazole rings is 1. The van der Waals surface area contributed by atoms with E-state index < -0.39 is 51.4 Å². The van der Waals surface area contributed by atoms with Gasteiger partial charge >= 0.3 is 13.8 Å². The molecule has 1 aliphatic heterocycles. The lowest BCUT2D eigenvalue weighted by Gasteiger charge is -2.18. The molecule has 4 rings (SSSR count). The largest absolute Gasteiger partial charge is 0.510 e. The van der Waals surface area contributed by atoms with Crippen LogP contribution in [0.25, 0.3) is 11.2 Å². The maximum atomic E-state index is 12.2. The van der Waals surface area contributed by atoms with Gasteiger partial charge in [0, 0.05) is 6.04 Å². The molecule has 0 spiro atoms. The molecule has 0 aromatic carbocycles. The van der Waals surface area contributed by atoms with Crippen LogP contribution in [0.3, 0.4) is 0 Å². The zero-order valence-corrected chi connectivity index (χ0v) is 24.1. The van der Waals surface area contributed by atoms with E-state index in [1.165, 1.54) is 10.9 Å². The number of hydrogen-bond donors (Lipinski definition) is 4. The lowest BCUT2D eigenvalue weighted by Crippen LogP contribution is -2.34. The van der Waals surface area contributed by atoms with E-state index in [0.717, 1.165) is 25.7 Å². The van der Waals surface area contributed by atoms with Gasteiger partial charge < -0.3 is 39.4 Å². The van der Waals surface area contributed by atoms with Gasteiger partial charge in [0.05, 0.1) is 19.5 Å². The van der Waals surface area contributed by atoms with E-state index >= 15 is 0 Å². The predicted octanol–water partition coefficient (Wildman–Crippen LogP) is 2.79. The molecule has 2 aromatic rings. The van der Waals surface area contributed by atoms with Crippen molar-refractivity contribution in [1.29, 1.82) is 0 Å². The molecular weight excluding hydrogens is 573 g/mol. The minimum absolute atomic E-state index is 0.0205. The normalized spacial score (nSPS) is 25.3. The molecule has 0 radical (unpaired) electrons. The molecule has 2 fully saturated rings. The molecule has 3 heterocycles. The summed E-state index contributed by atoms with van der Waals surface area (Å²) in [5.74, 6) is 0.471. The summed E-state index contributed by atoms with van der Waals surface area (Å²) < 4.78 is 38.9. The molecule has 0 bridgehead atoms. The number of hydrogen-bond acceptors (Lipinski definition) is 13. The number of fused-ring (bicyclic) bond motifs is 1. The van der Waals surface area contributed by atoms with Gasteiger partial charge in [-0.3, -0.25) is 13.7 Å². The van der Waals surface area contributed by atoms with E-state index in [2.05, 4.69) is 25.0 Å². The molecule has 1 aliphatic carbocycles. The van der Waals surface area contributed by atoms with E-state index in [9.17, 15) is 24.5 Å². The number of aliphatic hydroxyl groups excluding tert-OH is 2. The Labute approximate surface area is 235 Å². The smallest absolute Gasteiger partial charge is 0.434 e. The van der Waals surface area contributed by atoms with Crippen molar-refractivity contribution < 1.29 is 47.9 Å². The molecule has 224 valence electrons. The number of nitrogens with zero attached hydrogens (tertiary/aromatic N) is 4. The molecule has 1 saturated carbocycles. The quantitative estimate of drug-likeness (QED) is 0.126. The van der Waals surface area contributed by atoms with Gasteiger partial charge in [-0.2, -0.15) is 9.97 Å². The molecule has 40 heavy (non-hydrogen) atoms. The van der Waals surface area contributed by atoms with Gasteiger partial charge in [0.15, 0.2) is 23.2 Å². The Morgan fingerprint density at radius 1 is 1.23 bits per heavy atom. The van der Waals surface area contributed by atoms with Gasteiger partial charge in [0.2, 0.25) is 12.1 Å². The average molecular weight is 608 g/mol. The summed E-state index contributed by atoms with van der Waals surface area (Å²) in [5.41, 5.74) is 0.456. The van der Waals surface area contributed by atoms with Crippen molar-refractivity contribution in [2.45, 2.75) is 77.0 Å². The second-order valence-electron chi connectivity index (χ2n) is 11.0. The topological polar surface area (TPSA) is 197 Å². The SMILES string of the molecule is CC(C)(C)COC(=O)OCOP(=O)(O)COC[C@H]1O[C@@H](n2cnc3c(NC4CCCC4)nc(Cl)nc32)[C@H](O)[C@@H]1O. The van der Waals surface area contributed by atoms with Gasteiger partial charge in [-0.05, 0) is 29.9 Å². The molecular formula is C23H35ClN5O10P. The van der Waals surface area contributed by atoms with Crippen LogP contribution in [0.4, 0.5) is 10.6 Å². The average Bonchev–Trinajstić information content (AvgIpc) is 3.59. The first-order valence-corrected chi connectivity index (χ1v) is 15.0. The maximum absolute atomic E-state index is 12.2. The first-order chi connectivity index (χ1) is 18.8. The van der Waals surface area contributed by atoms with E-state index in [0.29, 0.717) is 17.0 Å². The fourth-order valence-corrected chi connectivity index (χ4v) is 5.13. The molecule has 1 unspecified atom stereocenters. The summed E-state index contributed by atoms with van der Waals surface area (Å²) >= 11 is 6.16. The zero-order chi connectivity index (χ0) is 29.1. The summed E-state index contributed by atoms with van der Waals surface area (Å²) in [7, 11) is -4.32. The van der Waals surface area contributed by atoms with E-state index in [1.54, 1.807) is 0 Å². The van der Waals surface area contributed by atoms with Crippen molar-refractivity contribution in [2.75, 3.05) is 31.7 Å².